The van der Waals surface area contributed by atoms with E-state index >= 15 is 0 Å². The van der Waals surface area contributed by atoms with Crippen molar-refractivity contribution in [3.63, 3.8) is 0 Å². The first-order chi connectivity index (χ1) is 8.73. The van der Waals surface area contributed by atoms with Gasteiger partial charge >= 0.3 is 11.9 Å². The van der Waals surface area contributed by atoms with Crippen molar-refractivity contribution >= 4 is 23.8 Å². The third-order valence-electron chi connectivity index (χ3n) is 2.07. The molecule has 0 heterocycles. The highest BCUT2D eigenvalue weighted by Gasteiger charge is 2.18. The Balaban J connectivity index is 4.01. The highest BCUT2D eigenvalue weighted by atomic mass is 16.4. The normalized spacial score (nSPS) is 13.2. The van der Waals surface area contributed by atoms with Crippen molar-refractivity contribution in [3.05, 3.63) is 6.92 Å². The Kier molecular flexibility index (Phi) is 7.12. The Labute approximate surface area is 109 Å². The topological polar surface area (TPSA) is 159 Å². The molecule has 0 bridgehead atoms. The summed E-state index contributed by atoms with van der Waals surface area (Å²) >= 11 is 0. The van der Waals surface area contributed by atoms with Crippen molar-refractivity contribution in [2.45, 2.75) is 24.9 Å². The summed E-state index contributed by atoms with van der Waals surface area (Å²) in [5, 5.41) is 21.1. The van der Waals surface area contributed by atoms with Gasteiger partial charge in [-0.3, -0.25) is 19.2 Å². The van der Waals surface area contributed by atoms with Gasteiger partial charge in [-0.15, -0.1) is 0 Å². The van der Waals surface area contributed by atoms with Crippen molar-refractivity contribution in [1.82, 2.24) is 10.6 Å². The molecule has 0 aromatic carbocycles. The molecule has 107 valence electrons. The smallest absolute Gasteiger partial charge is 0.322 e. The Hall–Kier alpha value is -2.16. The number of carbonyl (C=O) groups excluding carboxylic acids is 2. The maximum atomic E-state index is 11.3. The average molecular weight is 274 g/mol. The molecule has 19 heavy (non-hydrogen) atoms. The monoisotopic (exact) mass is 274 g/mol. The fourth-order valence-corrected chi connectivity index (χ4v) is 1.03. The van der Waals surface area contributed by atoms with Crippen LogP contribution in [-0.2, 0) is 19.2 Å². The molecule has 0 aromatic rings. The van der Waals surface area contributed by atoms with Gasteiger partial charge in [-0.25, -0.2) is 0 Å². The summed E-state index contributed by atoms with van der Waals surface area (Å²) in [4.78, 5) is 43.2. The second-order valence-corrected chi connectivity index (χ2v) is 3.72. The van der Waals surface area contributed by atoms with Crippen LogP contribution < -0.4 is 16.4 Å². The van der Waals surface area contributed by atoms with Crippen LogP contribution in [0.2, 0.25) is 0 Å². The molecular formula is C10H16N3O6. The van der Waals surface area contributed by atoms with Gasteiger partial charge in [-0.1, -0.05) is 0 Å². The molecule has 0 aliphatic rings. The van der Waals surface area contributed by atoms with E-state index in [0.29, 0.717) is 0 Å². The third kappa shape index (κ3) is 7.71. The Morgan fingerprint density at radius 1 is 1.21 bits per heavy atom. The van der Waals surface area contributed by atoms with Crippen molar-refractivity contribution in [2.24, 2.45) is 5.73 Å². The van der Waals surface area contributed by atoms with Crippen LogP contribution in [0.15, 0.2) is 0 Å². The van der Waals surface area contributed by atoms with Gasteiger partial charge in [0.1, 0.15) is 18.6 Å². The molecule has 6 N–H and O–H groups in total. The minimum absolute atomic E-state index is 0.0787. The van der Waals surface area contributed by atoms with Crippen LogP contribution in [0.1, 0.15) is 12.8 Å². The Morgan fingerprint density at radius 3 is 2.26 bits per heavy atom. The molecule has 0 aromatic heterocycles. The molecule has 0 saturated heterocycles. The van der Waals surface area contributed by atoms with Crippen molar-refractivity contribution in [2.75, 3.05) is 6.54 Å². The SMILES string of the molecule is [CH2]C(NC(=O)CCC(N)C(=O)O)C(=O)NCC(=O)O. The fourth-order valence-electron chi connectivity index (χ4n) is 1.03. The van der Waals surface area contributed by atoms with E-state index in [-0.39, 0.29) is 12.8 Å². The zero-order valence-corrected chi connectivity index (χ0v) is 10.1. The lowest BCUT2D eigenvalue weighted by Gasteiger charge is -2.13. The summed E-state index contributed by atoms with van der Waals surface area (Å²) in [6, 6.07) is -2.32. The van der Waals surface area contributed by atoms with Crippen LogP contribution in [0.4, 0.5) is 0 Å². The fraction of sp³-hybridized carbons (Fsp3) is 0.500. The minimum atomic E-state index is -1.22. The summed E-state index contributed by atoms with van der Waals surface area (Å²) in [6.07, 6.45) is -0.254. The number of carboxylic acid groups (broad SMARTS) is 2. The Bertz CT molecular complexity index is 370. The first-order valence-corrected chi connectivity index (χ1v) is 5.34. The lowest BCUT2D eigenvalue weighted by atomic mass is 10.1. The first-order valence-electron chi connectivity index (χ1n) is 5.34. The third-order valence-corrected chi connectivity index (χ3v) is 2.07. The highest BCUT2D eigenvalue weighted by molar-refractivity contribution is 5.90. The Morgan fingerprint density at radius 2 is 1.79 bits per heavy atom. The largest absolute Gasteiger partial charge is 0.480 e. The second-order valence-electron chi connectivity index (χ2n) is 3.72. The van der Waals surface area contributed by atoms with Gasteiger partial charge in [0.25, 0.3) is 0 Å². The lowest BCUT2D eigenvalue weighted by Crippen LogP contribution is -2.46. The molecule has 0 spiro atoms. The van der Waals surface area contributed by atoms with Crippen LogP contribution >= 0.6 is 0 Å². The molecule has 0 rings (SSSR count). The summed E-state index contributed by atoms with van der Waals surface area (Å²) in [5.74, 6) is -3.79. The van der Waals surface area contributed by atoms with Crippen molar-refractivity contribution in [1.29, 1.82) is 0 Å². The van der Waals surface area contributed by atoms with E-state index in [0.717, 1.165) is 0 Å². The number of nitrogens with one attached hydrogen (secondary N) is 2. The van der Waals surface area contributed by atoms with Crippen LogP contribution in [0.25, 0.3) is 0 Å². The van der Waals surface area contributed by atoms with Crippen molar-refractivity contribution < 1.29 is 29.4 Å². The second kappa shape index (κ2) is 8.03. The van der Waals surface area contributed by atoms with E-state index in [1.807, 2.05) is 5.32 Å². The molecular weight excluding hydrogens is 258 g/mol. The van der Waals surface area contributed by atoms with E-state index in [4.69, 9.17) is 15.9 Å². The molecule has 2 atom stereocenters. The predicted octanol–water partition coefficient (Wildman–Crippen LogP) is -2.30. The van der Waals surface area contributed by atoms with E-state index in [1.165, 1.54) is 0 Å². The summed E-state index contributed by atoms with van der Waals surface area (Å²) in [7, 11) is 0. The van der Waals surface area contributed by atoms with Gasteiger partial charge in [-0.05, 0) is 13.3 Å². The summed E-state index contributed by atoms with van der Waals surface area (Å²) in [5.41, 5.74) is 5.20. The van der Waals surface area contributed by atoms with Gasteiger partial charge in [-0.2, -0.15) is 0 Å². The number of nitrogens with two attached hydrogens (primary N) is 1. The van der Waals surface area contributed by atoms with E-state index in [2.05, 4.69) is 12.2 Å². The molecule has 1 radical (unpaired) electrons. The standard InChI is InChI=1S/C10H16N3O6/c1-5(9(17)12-4-8(15)16)13-7(14)3-2-6(11)10(18)19/h5-6H,1-4,11H2,(H,12,17)(H,13,14)(H,15,16)(H,18,19). The maximum Gasteiger partial charge on any atom is 0.322 e. The molecule has 0 fully saturated rings. The van der Waals surface area contributed by atoms with E-state index in [1.54, 1.807) is 0 Å². The predicted molar refractivity (Wildman–Crippen MR) is 62.8 cm³/mol. The summed E-state index contributed by atoms with van der Waals surface area (Å²) in [6.45, 7) is 2.75. The van der Waals surface area contributed by atoms with Gasteiger partial charge in [0, 0.05) is 6.42 Å². The molecule has 0 aliphatic heterocycles. The molecule has 9 nitrogen and oxygen atoms in total. The number of carbonyl (C=O) groups is 4. The maximum absolute atomic E-state index is 11.3. The van der Waals surface area contributed by atoms with Crippen LogP contribution in [0.5, 0.6) is 0 Å². The first kappa shape index (κ1) is 16.8. The van der Waals surface area contributed by atoms with Gasteiger partial charge in [0.15, 0.2) is 0 Å². The van der Waals surface area contributed by atoms with Gasteiger partial charge in [0.2, 0.25) is 11.8 Å². The van der Waals surface area contributed by atoms with Crippen molar-refractivity contribution in [3.8, 4) is 0 Å². The quantitative estimate of drug-likeness (QED) is 0.332. The van der Waals surface area contributed by atoms with Gasteiger partial charge in [0.05, 0.1) is 0 Å². The molecule has 2 amide bonds. The highest BCUT2D eigenvalue weighted by Crippen LogP contribution is 1.95. The number of carboxylic acids is 2. The molecule has 2 unspecified atom stereocenters. The van der Waals surface area contributed by atoms with E-state index < -0.39 is 42.4 Å². The zero-order chi connectivity index (χ0) is 15.0. The number of hydrogen-bond donors (Lipinski definition) is 5. The number of aliphatic carboxylic acids is 2. The van der Waals surface area contributed by atoms with Crippen LogP contribution in [0, 0.1) is 6.92 Å². The minimum Gasteiger partial charge on any atom is -0.480 e. The van der Waals surface area contributed by atoms with Gasteiger partial charge < -0.3 is 26.6 Å². The molecule has 0 saturated carbocycles. The molecule has 0 aliphatic carbocycles. The number of amides is 2. The number of rotatable bonds is 8. The molecule has 9 heteroatoms. The van der Waals surface area contributed by atoms with Crippen LogP contribution in [0.3, 0.4) is 0 Å². The number of hydrogen-bond acceptors (Lipinski definition) is 5. The lowest BCUT2D eigenvalue weighted by molar-refractivity contribution is -0.139. The van der Waals surface area contributed by atoms with Crippen LogP contribution in [-0.4, -0.2) is 52.6 Å². The van der Waals surface area contributed by atoms with E-state index in [9.17, 15) is 19.2 Å². The summed E-state index contributed by atoms with van der Waals surface area (Å²) < 4.78 is 0. The zero-order valence-electron chi connectivity index (χ0n) is 10.1. The average Bonchev–Trinajstić information content (AvgIpc) is 2.32.